The number of hydrogen-bond acceptors (Lipinski definition) is 6. The summed E-state index contributed by atoms with van der Waals surface area (Å²) >= 11 is 0. The van der Waals surface area contributed by atoms with E-state index >= 15 is 0 Å². The van der Waals surface area contributed by atoms with Gasteiger partial charge in [0.25, 0.3) is 0 Å². The molecule has 4 N–H and O–H groups in total. The summed E-state index contributed by atoms with van der Waals surface area (Å²) in [6.45, 7) is -0.255. The minimum atomic E-state index is -1.28. The van der Waals surface area contributed by atoms with Gasteiger partial charge in [0.2, 0.25) is 0 Å². The van der Waals surface area contributed by atoms with E-state index in [1.807, 2.05) is 0 Å². The van der Waals surface area contributed by atoms with Crippen molar-refractivity contribution >= 4 is 17.3 Å². The highest BCUT2D eigenvalue weighted by Crippen LogP contribution is 2.17. The van der Waals surface area contributed by atoms with Crippen molar-refractivity contribution in [2.75, 3.05) is 0 Å². The van der Waals surface area contributed by atoms with E-state index in [0.717, 1.165) is 6.07 Å². The summed E-state index contributed by atoms with van der Waals surface area (Å²) in [5.41, 5.74) is 0.222. The molecule has 0 aliphatic heterocycles. The minimum absolute atomic E-state index is 0.143. The first-order chi connectivity index (χ1) is 10.5. The van der Waals surface area contributed by atoms with Gasteiger partial charge in [-0.3, -0.25) is 0 Å². The Labute approximate surface area is 125 Å². The van der Waals surface area contributed by atoms with Gasteiger partial charge in [0.1, 0.15) is 6.61 Å². The van der Waals surface area contributed by atoms with E-state index in [-0.39, 0.29) is 23.5 Å². The van der Waals surface area contributed by atoms with Crippen LogP contribution in [0.2, 0.25) is 0 Å². The lowest BCUT2D eigenvalue weighted by Crippen LogP contribution is -3.01. The Morgan fingerprint density at radius 2 is 1.73 bits per heavy atom. The molecule has 0 bridgehead atoms. The average molecular weight is 306 g/mol. The van der Waals surface area contributed by atoms with Crippen LogP contribution in [0.25, 0.3) is 0 Å². The van der Waals surface area contributed by atoms with Crippen LogP contribution in [-0.4, -0.2) is 16.4 Å². The predicted molar refractivity (Wildman–Crippen MR) is 73.6 cm³/mol. The third-order valence-corrected chi connectivity index (χ3v) is 2.96. The molecule has 8 heteroatoms. The molecular formula is C14H14N2O6. The number of carbonyl (C=O) groups excluding carboxylic acids is 1. The fourth-order valence-electron chi connectivity index (χ4n) is 1.84. The molecule has 2 atom stereocenters. The Morgan fingerprint density at radius 3 is 2.32 bits per heavy atom. The third-order valence-electron chi connectivity index (χ3n) is 2.96. The maximum absolute atomic E-state index is 11.8. The van der Waals surface area contributed by atoms with Crippen LogP contribution in [0, 0.1) is 10.4 Å². The van der Waals surface area contributed by atoms with Gasteiger partial charge in [-0.15, -0.1) is 0 Å². The van der Waals surface area contributed by atoms with Gasteiger partial charge < -0.3 is 15.2 Å². The minimum Gasteiger partial charge on any atom is -0.595 e. The average Bonchev–Trinajstić information content (AvgIpc) is 2.53. The first-order valence-electron chi connectivity index (χ1n) is 6.30. The van der Waals surface area contributed by atoms with Crippen molar-refractivity contribution in [2.45, 2.75) is 6.61 Å². The fourth-order valence-corrected chi connectivity index (χ4v) is 1.84. The highest BCUT2D eigenvalue weighted by Gasteiger charge is 2.15. The number of hydrogen-bond donors (Lipinski definition) is 4. The van der Waals surface area contributed by atoms with E-state index in [2.05, 4.69) is 0 Å². The van der Waals surface area contributed by atoms with Crippen LogP contribution in [-0.2, 0) is 11.3 Å². The van der Waals surface area contributed by atoms with E-state index in [1.165, 1.54) is 12.1 Å². The van der Waals surface area contributed by atoms with Crippen LogP contribution in [0.1, 0.15) is 15.9 Å². The second-order valence-electron chi connectivity index (χ2n) is 4.42. The van der Waals surface area contributed by atoms with Crippen molar-refractivity contribution in [2.24, 2.45) is 0 Å². The Morgan fingerprint density at radius 1 is 1.05 bits per heavy atom. The third kappa shape index (κ3) is 3.86. The number of rotatable bonds is 5. The van der Waals surface area contributed by atoms with Gasteiger partial charge in [-0.1, -0.05) is 18.2 Å². The van der Waals surface area contributed by atoms with Crippen LogP contribution >= 0.6 is 0 Å². The van der Waals surface area contributed by atoms with Gasteiger partial charge in [0.15, 0.2) is 11.4 Å². The monoisotopic (exact) mass is 306 g/mol. The zero-order valence-electron chi connectivity index (χ0n) is 11.4. The lowest BCUT2D eigenvalue weighted by molar-refractivity contribution is -0.996. The summed E-state index contributed by atoms with van der Waals surface area (Å²) in [7, 11) is 0. The molecule has 0 heterocycles. The summed E-state index contributed by atoms with van der Waals surface area (Å²) < 4.78 is 5.06. The number of esters is 1. The second-order valence-corrected chi connectivity index (χ2v) is 4.42. The molecule has 0 aliphatic carbocycles. The van der Waals surface area contributed by atoms with E-state index in [4.69, 9.17) is 15.2 Å². The molecule has 0 spiro atoms. The highest BCUT2D eigenvalue weighted by atomic mass is 16.8. The van der Waals surface area contributed by atoms with Gasteiger partial charge in [-0.2, -0.15) is 10.5 Å². The van der Waals surface area contributed by atoms with E-state index in [0.29, 0.717) is 5.56 Å². The van der Waals surface area contributed by atoms with Crippen LogP contribution < -0.4 is 10.5 Å². The first-order valence-corrected chi connectivity index (χ1v) is 6.30. The quantitative estimate of drug-likeness (QED) is 0.450. The van der Waals surface area contributed by atoms with Gasteiger partial charge in [0.05, 0.1) is 17.2 Å². The maximum atomic E-state index is 11.8. The lowest BCUT2D eigenvalue weighted by Gasteiger charge is -2.18. The zero-order chi connectivity index (χ0) is 16.1. The molecule has 0 amide bonds. The van der Waals surface area contributed by atoms with E-state index in [9.17, 15) is 15.2 Å². The van der Waals surface area contributed by atoms with Crippen molar-refractivity contribution in [3.05, 3.63) is 70.1 Å². The Bertz CT molecular complexity index is 645. The molecule has 0 radical (unpaired) electrons. The summed E-state index contributed by atoms with van der Waals surface area (Å²) in [5, 5.41) is 37.5. The molecule has 2 aromatic carbocycles. The van der Waals surface area contributed by atoms with Gasteiger partial charge in [-0.05, 0) is 18.2 Å². The molecule has 116 valence electrons. The topological polar surface area (TPSA) is 122 Å². The molecule has 2 aromatic rings. The van der Waals surface area contributed by atoms with Crippen molar-refractivity contribution in [3.63, 3.8) is 0 Å². The predicted octanol–water partition coefficient (Wildman–Crippen LogP) is -0.150. The molecule has 0 saturated heterocycles. The Balaban J connectivity index is 2.14. The van der Waals surface area contributed by atoms with Gasteiger partial charge >= 0.3 is 5.97 Å². The largest absolute Gasteiger partial charge is 0.595 e. The lowest BCUT2D eigenvalue weighted by atomic mass is 10.1. The Hall–Kier alpha value is -2.33. The van der Waals surface area contributed by atoms with Crippen LogP contribution in [0.5, 0.6) is 0 Å². The molecule has 0 saturated carbocycles. The van der Waals surface area contributed by atoms with Gasteiger partial charge in [-0.25, -0.2) is 15.2 Å². The number of nitrogens with one attached hydrogen (secondary N) is 2. The van der Waals surface area contributed by atoms with E-state index in [1.54, 1.807) is 30.3 Å². The van der Waals surface area contributed by atoms with Crippen LogP contribution in [0.15, 0.2) is 48.5 Å². The normalized spacial score (nSPS) is 13.5. The number of quaternary nitrogens is 2. The maximum Gasteiger partial charge on any atom is 0.338 e. The molecular weight excluding hydrogens is 292 g/mol. The molecule has 0 fully saturated rings. The smallest absolute Gasteiger partial charge is 0.338 e. The van der Waals surface area contributed by atoms with Crippen molar-refractivity contribution in [3.8, 4) is 0 Å². The van der Waals surface area contributed by atoms with Crippen LogP contribution in [0.4, 0.5) is 11.4 Å². The first kappa shape index (κ1) is 16.0. The number of benzene rings is 2. The standard InChI is InChI=1S/C14H14N2O6/c17-14(10-4-2-1-3-5-10)22-9-11-6-7-12(15(18)19)8-13(11)16(20)21/h1-8,15-16,18,20H,9H2. The summed E-state index contributed by atoms with van der Waals surface area (Å²) in [6, 6.07) is 11.9. The Kier molecular flexibility index (Phi) is 5.17. The summed E-state index contributed by atoms with van der Waals surface area (Å²) in [4.78, 5) is 11.8. The summed E-state index contributed by atoms with van der Waals surface area (Å²) in [6.07, 6.45) is 0. The fraction of sp³-hybridized carbons (Fsp3) is 0.0714. The molecule has 2 rings (SSSR count). The highest BCUT2D eigenvalue weighted by molar-refractivity contribution is 5.89. The van der Waals surface area contributed by atoms with Crippen molar-refractivity contribution in [1.29, 1.82) is 0 Å². The number of carbonyl (C=O) groups is 1. The SMILES string of the molecule is O=C(OCc1ccc([NH+]([O-])O)cc1[NH+]([O-])O)c1ccccc1. The van der Waals surface area contributed by atoms with E-state index < -0.39 is 16.4 Å². The van der Waals surface area contributed by atoms with Crippen molar-refractivity contribution < 1.29 is 30.4 Å². The van der Waals surface area contributed by atoms with Gasteiger partial charge in [0, 0.05) is 6.07 Å². The molecule has 2 unspecified atom stereocenters. The second kappa shape index (κ2) is 7.09. The zero-order valence-corrected chi connectivity index (χ0v) is 11.4. The number of ether oxygens (including phenoxy) is 1. The molecule has 0 aromatic heterocycles. The van der Waals surface area contributed by atoms with Crippen molar-refractivity contribution in [1.82, 2.24) is 0 Å². The molecule has 22 heavy (non-hydrogen) atoms. The van der Waals surface area contributed by atoms with Crippen LogP contribution in [0.3, 0.4) is 0 Å². The summed E-state index contributed by atoms with van der Waals surface area (Å²) in [5.74, 6) is -0.584. The molecule has 0 aliphatic rings. The molecule has 8 nitrogen and oxygen atoms in total.